The van der Waals surface area contributed by atoms with Crippen LogP contribution in [0, 0.1) is 0 Å². The largest absolute Gasteiger partial charge is 0.478 e. The molecule has 1 N–H and O–H groups in total. The van der Waals surface area contributed by atoms with Crippen molar-refractivity contribution < 1.29 is 31.5 Å². The minimum Gasteiger partial charge on any atom is -0.478 e. The Morgan fingerprint density at radius 2 is 2.00 bits per heavy atom. The number of anilines is 1. The number of carboxylic acids is 1. The summed E-state index contributed by atoms with van der Waals surface area (Å²) in [5, 5.41) is 9.03. The van der Waals surface area contributed by atoms with Crippen molar-refractivity contribution in [2.45, 2.75) is 17.9 Å². The van der Waals surface area contributed by atoms with Crippen molar-refractivity contribution >= 4 is 31.5 Å². The van der Waals surface area contributed by atoms with Gasteiger partial charge in [0.1, 0.15) is 5.75 Å². The van der Waals surface area contributed by atoms with E-state index in [-0.39, 0.29) is 22.1 Å². The van der Waals surface area contributed by atoms with Crippen LogP contribution in [0.2, 0.25) is 0 Å². The SMILES string of the molecule is CCS(=O)(=O)c1ccc2c(c1)N(S(C)(=O)=O)CC(C(=O)O)O2. The fraction of sp³-hybridized carbons (Fsp3) is 0.417. The van der Waals surface area contributed by atoms with Crippen LogP contribution in [0.25, 0.3) is 0 Å². The number of hydrogen-bond acceptors (Lipinski definition) is 6. The highest BCUT2D eigenvalue weighted by Gasteiger charge is 2.35. The first-order chi connectivity index (χ1) is 10.1. The third kappa shape index (κ3) is 3.02. The van der Waals surface area contributed by atoms with Crippen molar-refractivity contribution in [1.29, 1.82) is 0 Å². The number of rotatable bonds is 4. The van der Waals surface area contributed by atoms with E-state index in [4.69, 9.17) is 9.84 Å². The number of carboxylic acid groups (broad SMARTS) is 1. The van der Waals surface area contributed by atoms with Gasteiger partial charge in [-0.1, -0.05) is 6.92 Å². The van der Waals surface area contributed by atoms with Gasteiger partial charge in [-0.3, -0.25) is 4.31 Å². The van der Waals surface area contributed by atoms with Gasteiger partial charge in [0.2, 0.25) is 16.1 Å². The van der Waals surface area contributed by atoms with Gasteiger partial charge in [-0.25, -0.2) is 21.6 Å². The van der Waals surface area contributed by atoms with Gasteiger partial charge in [0, 0.05) is 0 Å². The van der Waals surface area contributed by atoms with Crippen molar-refractivity contribution in [3.05, 3.63) is 18.2 Å². The summed E-state index contributed by atoms with van der Waals surface area (Å²) < 4.78 is 53.6. The fourth-order valence-electron chi connectivity index (χ4n) is 2.03. The Bertz CT molecular complexity index is 814. The molecule has 10 heteroatoms. The second kappa shape index (κ2) is 5.43. The van der Waals surface area contributed by atoms with Gasteiger partial charge in [-0.2, -0.15) is 0 Å². The molecule has 1 aliphatic rings. The summed E-state index contributed by atoms with van der Waals surface area (Å²) >= 11 is 0. The topological polar surface area (TPSA) is 118 Å². The van der Waals surface area contributed by atoms with Crippen molar-refractivity contribution in [3.8, 4) is 5.75 Å². The van der Waals surface area contributed by atoms with Gasteiger partial charge in [0.25, 0.3) is 0 Å². The average Bonchev–Trinajstić information content (AvgIpc) is 2.44. The van der Waals surface area contributed by atoms with E-state index in [0.29, 0.717) is 0 Å². The molecule has 8 nitrogen and oxygen atoms in total. The maximum absolute atomic E-state index is 11.9. The van der Waals surface area contributed by atoms with E-state index in [1.807, 2.05) is 0 Å². The monoisotopic (exact) mass is 349 g/mol. The van der Waals surface area contributed by atoms with Crippen molar-refractivity contribution in [1.82, 2.24) is 0 Å². The number of hydrogen-bond donors (Lipinski definition) is 1. The lowest BCUT2D eigenvalue weighted by Gasteiger charge is -2.33. The van der Waals surface area contributed by atoms with E-state index < -0.39 is 38.5 Å². The Kier molecular flexibility index (Phi) is 4.09. The summed E-state index contributed by atoms with van der Waals surface area (Å²) in [6.45, 7) is 1.05. The van der Waals surface area contributed by atoms with Crippen LogP contribution in [0.4, 0.5) is 5.69 Å². The first-order valence-electron chi connectivity index (χ1n) is 6.30. The highest BCUT2D eigenvalue weighted by atomic mass is 32.2. The molecule has 0 amide bonds. The van der Waals surface area contributed by atoms with Crippen LogP contribution in [0.15, 0.2) is 23.1 Å². The number of fused-ring (bicyclic) bond motifs is 1. The molecular formula is C12H15NO7S2. The van der Waals surface area contributed by atoms with E-state index in [9.17, 15) is 21.6 Å². The molecular weight excluding hydrogens is 334 g/mol. The highest BCUT2D eigenvalue weighted by Crippen LogP contribution is 2.37. The van der Waals surface area contributed by atoms with E-state index in [0.717, 1.165) is 10.6 Å². The predicted octanol–water partition coefficient (Wildman–Crippen LogP) is 0.0918. The minimum atomic E-state index is -3.78. The van der Waals surface area contributed by atoms with Gasteiger partial charge in [0.05, 0.1) is 29.1 Å². The summed E-state index contributed by atoms with van der Waals surface area (Å²) in [7, 11) is -7.30. The maximum atomic E-state index is 11.9. The quantitative estimate of drug-likeness (QED) is 0.818. The number of ether oxygens (including phenoxy) is 1. The van der Waals surface area contributed by atoms with Crippen molar-refractivity contribution in [2.75, 3.05) is 22.9 Å². The highest BCUT2D eigenvalue weighted by molar-refractivity contribution is 7.92. The smallest absolute Gasteiger partial charge is 0.346 e. The zero-order chi connectivity index (χ0) is 16.7. The molecule has 0 radical (unpaired) electrons. The Balaban J connectivity index is 2.62. The number of carbonyl (C=O) groups is 1. The molecule has 1 aliphatic heterocycles. The lowest BCUT2D eigenvalue weighted by Crippen LogP contribution is -2.46. The number of sulfonamides is 1. The summed E-state index contributed by atoms with van der Waals surface area (Å²) in [4.78, 5) is 11.0. The van der Waals surface area contributed by atoms with Gasteiger partial charge >= 0.3 is 5.97 Å². The van der Waals surface area contributed by atoms with Crippen LogP contribution >= 0.6 is 0 Å². The van der Waals surface area contributed by atoms with Gasteiger partial charge in [0.15, 0.2) is 9.84 Å². The van der Waals surface area contributed by atoms with Gasteiger partial charge in [-0.05, 0) is 18.2 Å². The molecule has 0 bridgehead atoms. The zero-order valence-corrected chi connectivity index (χ0v) is 13.5. The van der Waals surface area contributed by atoms with E-state index in [1.54, 1.807) is 0 Å². The molecule has 0 aliphatic carbocycles. The molecule has 0 fully saturated rings. The molecule has 2 rings (SSSR count). The molecule has 1 unspecified atom stereocenters. The number of benzene rings is 1. The Morgan fingerprint density at radius 3 is 2.50 bits per heavy atom. The normalized spacial score (nSPS) is 18.5. The van der Waals surface area contributed by atoms with E-state index in [1.165, 1.54) is 25.1 Å². The Hall–Kier alpha value is -1.81. The maximum Gasteiger partial charge on any atom is 0.346 e. The van der Waals surface area contributed by atoms with E-state index in [2.05, 4.69) is 0 Å². The first-order valence-corrected chi connectivity index (χ1v) is 9.80. The number of nitrogens with zero attached hydrogens (tertiary/aromatic N) is 1. The average molecular weight is 349 g/mol. The van der Waals surface area contributed by atoms with E-state index >= 15 is 0 Å². The molecule has 1 aromatic rings. The molecule has 0 aromatic heterocycles. The summed E-state index contributed by atoms with van der Waals surface area (Å²) in [6.07, 6.45) is -0.432. The molecule has 1 aromatic carbocycles. The van der Waals surface area contributed by atoms with Crippen molar-refractivity contribution in [3.63, 3.8) is 0 Å². The third-order valence-corrected chi connectivity index (χ3v) is 6.09. The summed E-state index contributed by atoms with van der Waals surface area (Å²) in [6, 6.07) is 3.72. The minimum absolute atomic E-state index is 0.0131. The van der Waals surface area contributed by atoms with Crippen LogP contribution in [0.5, 0.6) is 5.75 Å². The summed E-state index contributed by atoms with van der Waals surface area (Å²) in [5.74, 6) is -1.42. The first kappa shape index (κ1) is 16.6. The van der Waals surface area contributed by atoms with Crippen LogP contribution < -0.4 is 9.04 Å². The van der Waals surface area contributed by atoms with Gasteiger partial charge < -0.3 is 9.84 Å². The molecule has 122 valence electrons. The second-order valence-electron chi connectivity index (χ2n) is 4.77. The molecule has 22 heavy (non-hydrogen) atoms. The van der Waals surface area contributed by atoms with Gasteiger partial charge in [-0.15, -0.1) is 0 Å². The number of sulfone groups is 1. The Labute approximate surface area is 128 Å². The standard InChI is InChI=1S/C12H15NO7S2/c1-3-22(18,19)8-4-5-10-9(6-8)13(21(2,16)17)7-11(20-10)12(14)15/h4-6,11H,3,7H2,1-2H3,(H,14,15). The molecule has 1 atom stereocenters. The molecule has 0 saturated carbocycles. The molecule has 1 heterocycles. The van der Waals surface area contributed by atoms with Crippen LogP contribution in [-0.2, 0) is 24.7 Å². The van der Waals surface area contributed by atoms with Crippen LogP contribution in [-0.4, -0.2) is 52.6 Å². The lowest BCUT2D eigenvalue weighted by molar-refractivity contribution is -0.144. The third-order valence-electron chi connectivity index (χ3n) is 3.21. The molecule has 0 saturated heterocycles. The zero-order valence-electron chi connectivity index (χ0n) is 11.9. The van der Waals surface area contributed by atoms with Crippen LogP contribution in [0.1, 0.15) is 6.92 Å². The van der Waals surface area contributed by atoms with Crippen LogP contribution in [0.3, 0.4) is 0 Å². The predicted molar refractivity (Wildman–Crippen MR) is 78.4 cm³/mol. The fourth-order valence-corrected chi connectivity index (χ4v) is 3.84. The summed E-state index contributed by atoms with van der Waals surface area (Å²) in [5.41, 5.74) is 0.0227. The molecule has 0 spiro atoms. The Morgan fingerprint density at radius 1 is 1.36 bits per heavy atom. The van der Waals surface area contributed by atoms with Crippen molar-refractivity contribution in [2.24, 2.45) is 0 Å². The second-order valence-corrected chi connectivity index (χ2v) is 8.96. The number of aliphatic carboxylic acids is 1. The lowest BCUT2D eigenvalue weighted by atomic mass is 10.2.